The molecule has 0 fully saturated rings. The molecule has 0 spiro atoms. The maximum Gasteiger partial charge on any atom is 0.152 e. The maximum atomic E-state index is 11.4. The highest BCUT2D eigenvalue weighted by molar-refractivity contribution is 7.90. The lowest BCUT2D eigenvalue weighted by Crippen LogP contribution is -2.32. The highest BCUT2D eigenvalue weighted by Crippen LogP contribution is 2.17. The summed E-state index contributed by atoms with van der Waals surface area (Å²) in [6.45, 7) is 2.55. The summed E-state index contributed by atoms with van der Waals surface area (Å²) in [6, 6.07) is 15.3. The molecular formula is C18H22ClNO2S. The number of hydrogen-bond donors (Lipinski definition) is 2. The number of nitrogens with one attached hydrogen (secondary N) is 1. The molecule has 2 aromatic carbocycles. The van der Waals surface area contributed by atoms with E-state index >= 15 is 0 Å². The lowest BCUT2D eigenvalue weighted by atomic mass is 10.1. The van der Waals surface area contributed by atoms with Crippen molar-refractivity contribution in [3.05, 3.63) is 64.7 Å². The molecule has 0 amide bonds. The van der Waals surface area contributed by atoms with Gasteiger partial charge in [0, 0.05) is 17.6 Å². The molecular weight excluding hydrogens is 330 g/mol. The second kappa shape index (κ2) is 8.71. The zero-order valence-corrected chi connectivity index (χ0v) is 14.9. The van der Waals surface area contributed by atoms with Gasteiger partial charge in [-0.15, -0.1) is 0 Å². The molecule has 0 aliphatic heterocycles. The van der Waals surface area contributed by atoms with E-state index in [2.05, 4.69) is 12.2 Å². The topological polar surface area (TPSA) is 55.3 Å². The van der Waals surface area contributed by atoms with E-state index in [0.717, 1.165) is 16.9 Å². The minimum Gasteiger partial charge on any atom is -0.612 e. The van der Waals surface area contributed by atoms with Crippen LogP contribution in [0.15, 0.2) is 53.4 Å². The number of rotatable bonds is 7. The molecule has 0 radical (unpaired) electrons. The lowest BCUT2D eigenvalue weighted by Gasteiger charge is -2.18. The molecule has 0 heterocycles. The van der Waals surface area contributed by atoms with Crippen LogP contribution in [0.5, 0.6) is 0 Å². The van der Waals surface area contributed by atoms with Gasteiger partial charge in [0.25, 0.3) is 0 Å². The molecule has 2 N–H and O–H groups in total. The van der Waals surface area contributed by atoms with Crippen molar-refractivity contribution in [2.75, 3.05) is 12.8 Å². The summed E-state index contributed by atoms with van der Waals surface area (Å²) in [5.74, 6) is 0. The Morgan fingerprint density at radius 3 is 2.52 bits per heavy atom. The molecule has 5 heteroatoms. The Morgan fingerprint density at radius 1 is 1.22 bits per heavy atom. The first kappa shape index (κ1) is 18.3. The first-order chi connectivity index (χ1) is 11.0. The highest BCUT2D eigenvalue weighted by Gasteiger charge is 2.11. The predicted octanol–water partition coefficient (Wildman–Crippen LogP) is 3.33. The van der Waals surface area contributed by atoms with E-state index in [0.29, 0.717) is 11.6 Å². The molecule has 0 saturated carbocycles. The van der Waals surface area contributed by atoms with Gasteiger partial charge in [0.1, 0.15) is 6.26 Å². The van der Waals surface area contributed by atoms with Crippen LogP contribution in [-0.4, -0.2) is 28.5 Å². The average molecular weight is 352 g/mol. The van der Waals surface area contributed by atoms with Crippen molar-refractivity contribution in [2.24, 2.45) is 0 Å². The quantitative estimate of drug-likeness (QED) is 0.752. The first-order valence-electron chi connectivity index (χ1n) is 7.55. The van der Waals surface area contributed by atoms with Crippen LogP contribution in [0.25, 0.3) is 0 Å². The van der Waals surface area contributed by atoms with E-state index in [1.807, 2.05) is 36.4 Å². The fourth-order valence-electron chi connectivity index (χ4n) is 2.39. The molecule has 0 bridgehead atoms. The Balaban J connectivity index is 1.83. The van der Waals surface area contributed by atoms with Crippen LogP contribution < -0.4 is 5.32 Å². The third kappa shape index (κ3) is 5.83. The third-order valence-electron chi connectivity index (χ3n) is 3.69. The van der Waals surface area contributed by atoms with E-state index in [1.165, 1.54) is 5.56 Å². The van der Waals surface area contributed by atoms with Crippen molar-refractivity contribution >= 4 is 22.8 Å². The summed E-state index contributed by atoms with van der Waals surface area (Å²) < 4.78 is 11.4. The molecule has 0 aliphatic rings. The van der Waals surface area contributed by atoms with Crippen LogP contribution in [-0.2, 0) is 17.6 Å². The second-order valence-electron chi connectivity index (χ2n) is 5.68. The van der Waals surface area contributed by atoms with Crippen LogP contribution in [0.2, 0.25) is 5.02 Å². The molecule has 0 aromatic heterocycles. The van der Waals surface area contributed by atoms with E-state index in [-0.39, 0.29) is 6.04 Å². The molecule has 23 heavy (non-hydrogen) atoms. The zero-order valence-electron chi connectivity index (χ0n) is 13.3. The molecule has 124 valence electrons. The van der Waals surface area contributed by atoms with E-state index in [9.17, 15) is 9.66 Å². The molecule has 3 atom stereocenters. The predicted molar refractivity (Wildman–Crippen MR) is 96.4 cm³/mol. The van der Waals surface area contributed by atoms with Gasteiger partial charge < -0.3 is 15.0 Å². The van der Waals surface area contributed by atoms with Crippen LogP contribution in [0.1, 0.15) is 24.2 Å². The first-order valence-corrected chi connectivity index (χ1v) is 9.48. The second-order valence-corrected chi connectivity index (χ2v) is 7.50. The summed E-state index contributed by atoms with van der Waals surface area (Å²) in [6.07, 6.45) is 1.94. The summed E-state index contributed by atoms with van der Waals surface area (Å²) in [7, 11) is 0. The Labute approximate surface area is 145 Å². The van der Waals surface area contributed by atoms with Crippen LogP contribution in [0, 0.1) is 0 Å². The van der Waals surface area contributed by atoms with Crippen molar-refractivity contribution in [3.8, 4) is 0 Å². The monoisotopic (exact) mass is 351 g/mol. The van der Waals surface area contributed by atoms with Gasteiger partial charge in [-0.25, -0.2) is 0 Å². The minimum atomic E-state index is -0.942. The van der Waals surface area contributed by atoms with Crippen molar-refractivity contribution in [2.45, 2.75) is 30.4 Å². The summed E-state index contributed by atoms with van der Waals surface area (Å²) >= 11 is 5.00. The lowest BCUT2D eigenvalue weighted by molar-refractivity contribution is 0.170. The Morgan fingerprint density at radius 2 is 1.91 bits per heavy atom. The number of aliphatic hydroxyl groups is 1. The van der Waals surface area contributed by atoms with Crippen LogP contribution >= 0.6 is 11.6 Å². The van der Waals surface area contributed by atoms with Gasteiger partial charge in [0.2, 0.25) is 0 Å². The van der Waals surface area contributed by atoms with E-state index in [4.69, 9.17) is 11.6 Å². The van der Waals surface area contributed by atoms with Crippen molar-refractivity contribution in [1.82, 2.24) is 5.32 Å². The van der Waals surface area contributed by atoms with Gasteiger partial charge in [-0.1, -0.05) is 35.9 Å². The molecule has 3 unspecified atom stereocenters. The van der Waals surface area contributed by atoms with E-state index in [1.54, 1.807) is 18.4 Å². The zero-order chi connectivity index (χ0) is 16.8. The van der Waals surface area contributed by atoms with Crippen molar-refractivity contribution < 1.29 is 9.66 Å². The standard InChI is InChI=1S/C18H22ClNO2S/c1-13(10-14-6-8-17(9-7-14)23(2)22)20-12-18(21)15-4-3-5-16(19)11-15/h3-9,11,13,18,20-21H,10,12H2,1-2H3. The van der Waals surface area contributed by atoms with Gasteiger partial charge in [-0.2, -0.15) is 0 Å². The molecule has 2 rings (SSSR count). The smallest absolute Gasteiger partial charge is 0.152 e. The molecule has 3 nitrogen and oxygen atoms in total. The summed E-state index contributed by atoms with van der Waals surface area (Å²) in [5, 5.41) is 14.2. The fourth-order valence-corrected chi connectivity index (χ4v) is 3.11. The van der Waals surface area contributed by atoms with Gasteiger partial charge in [-0.3, -0.25) is 0 Å². The number of aliphatic hydroxyl groups excluding tert-OH is 1. The number of benzene rings is 2. The van der Waals surface area contributed by atoms with Crippen molar-refractivity contribution in [1.29, 1.82) is 0 Å². The number of halogens is 1. The van der Waals surface area contributed by atoms with E-state index < -0.39 is 17.3 Å². The minimum absolute atomic E-state index is 0.224. The average Bonchev–Trinajstić information content (AvgIpc) is 2.53. The summed E-state index contributed by atoms with van der Waals surface area (Å²) in [5.41, 5.74) is 1.99. The van der Waals surface area contributed by atoms with Crippen molar-refractivity contribution in [3.63, 3.8) is 0 Å². The SMILES string of the molecule is CC(Cc1ccc([S+](C)[O-])cc1)NCC(O)c1cccc(Cl)c1. The fraction of sp³-hybridized carbons (Fsp3) is 0.333. The Bertz CT molecular complexity index is 619. The Kier molecular flexibility index (Phi) is 6.93. The molecule has 2 aromatic rings. The highest BCUT2D eigenvalue weighted by atomic mass is 35.5. The van der Waals surface area contributed by atoms with Gasteiger partial charge in [-0.05, 0) is 59.9 Å². The van der Waals surface area contributed by atoms with Gasteiger partial charge >= 0.3 is 0 Å². The normalized spacial score (nSPS) is 15.2. The molecule has 0 saturated heterocycles. The Hall–Kier alpha value is -1.04. The number of hydrogen-bond acceptors (Lipinski definition) is 3. The summed E-state index contributed by atoms with van der Waals surface area (Å²) in [4.78, 5) is 0.839. The largest absolute Gasteiger partial charge is 0.612 e. The maximum absolute atomic E-state index is 11.4. The van der Waals surface area contributed by atoms with Crippen LogP contribution in [0.4, 0.5) is 0 Å². The van der Waals surface area contributed by atoms with Gasteiger partial charge in [0.05, 0.1) is 6.10 Å². The third-order valence-corrected chi connectivity index (χ3v) is 4.86. The van der Waals surface area contributed by atoms with Gasteiger partial charge in [0.15, 0.2) is 4.90 Å². The molecule has 0 aliphatic carbocycles. The van der Waals surface area contributed by atoms with Crippen LogP contribution in [0.3, 0.4) is 0 Å².